The van der Waals surface area contributed by atoms with Crippen molar-refractivity contribution in [2.45, 2.75) is 36.6 Å². The lowest BCUT2D eigenvalue weighted by Gasteiger charge is -2.36. The van der Waals surface area contributed by atoms with Gasteiger partial charge in [-0.1, -0.05) is 11.2 Å². The van der Waals surface area contributed by atoms with E-state index in [2.05, 4.69) is 23.8 Å². The van der Waals surface area contributed by atoms with Gasteiger partial charge in [0.05, 0.1) is 17.8 Å². The fraction of sp³-hybridized carbons (Fsp3) is 0.529. The summed E-state index contributed by atoms with van der Waals surface area (Å²) in [5, 5.41) is 4.08. The second-order valence-corrected chi connectivity index (χ2v) is 9.70. The van der Waals surface area contributed by atoms with Gasteiger partial charge in [-0.2, -0.15) is 18.0 Å². The van der Waals surface area contributed by atoms with Crippen LogP contribution < -0.4 is 0 Å². The molecule has 1 saturated carbocycles. The maximum Gasteiger partial charge on any atom is 0.245 e. The van der Waals surface area contributed by atoms with Gasteiger partial charge >= 0.3 is 0 Å². The molecule has 1 aliphatic heterocycles. The van der Waals surface area contributed by atoms with E-state index in [0.717, 1.165) is 30.4 Å². The van der Waals surface area contributed by atoms with Gasteiger partial charge in [0.1, 0.15) is 15.9 Å². The summed E-state index contributed by atoms with van der Waals surface area (Å²) in [4.78, 5) is 6.94. The lowest BCUT2D eigenvalue weighted by Crippen LogP contribution is -2.49. The van der Waals surface area contributed by atoms with E-state index in [0.29, 0.717) is 49.0 Å². The highest BCUT2D eigenvalue weighted by Gasteiger charge is 2.34. The first-order valence-electron chi connectivity index (χ1n) is 9.33. The van der Waals surface area contributed by atoms with Gasteiger partial charge in [-0.25, -0.2) is 8.42 Å². The number of hydrogen-bond donors (Lipinski definition) is 0. The molecule has 0 radical (unpaired) electrons. The molecule has 28 heavy (non-hydrogen) atoms. The molecular formula is C17H20N6O3S2. The van der Waals surface area contributed by atoms with Crippen molar-refractivity contribution in [2.24, 2.45) is 0 Å². The highest BCUT2D eigenvalue weighted by molar-refractivity contribution is 7.89. The zero-order valence-corrected chi connectivity index (χ0v) is 17.0. The average Bonchev–Trinajstić information content (AvgIpc) is 3.25. The molecule has 0 N–H and O–H groups in total. The van der Waals surface area contributed by atoms with E-state index in [-0.39, 0.29) is 10.9 Å². The summed E-state index contributed by atoms with van der Waals surface area (Å²) in [6.45, 7) is 4.05. The first kappa shape index (κ1) is 18.1. The van der Waals surface area contributed by atoms with Gasteiger partial charge in [0.2, 0.25) is 15.9 Å². The fourth-order valence-corrected chi connectivity index (χ4v) is 5.72. The second-order valence-electron chi connectivity index (χ2n) is 7.27. The Hall–Kier alpha value is -1.95. The summed E-state index contributed by atoms with van der Waals surface area (Å²) >= 11 is 1.03. The average molecular weight is 421 g/mol. The van der Waals surface area contributed by atoms with E-state index >= 15 is 0 Å². The summed E-state index contributed by atoms with van der Waals surface area (Å²) in [6, 6.07) is 5.06. The first-order chi connectivity index (χ1) is 13.5. The van der Waals surface area contributed by atoms with E-state index in [1.807, 2.05) is 6.92 Å². The van der Waals surface area contributed by atoms with Crippen LogP contribution in [0.2, 0.25) is 0 Å². The molecule has 1 aromatic carbocycles. The molecule has 0 amide bonds. The zero-order chi connectivity index (χ0) is 19.3. The molecule has 2 fully saturated rings. The van der Waals surface area contributed by atoms with Gasteiger partial charge < -0.3 is 4.52 Å². The van der Waals surface area contributed by atoms with Crippen LogP contribution in [0.3, 0.4) is 0 Å². The molecule has 1 unspecified atom stereocenters. The van der Waals surface area contributed by atoms with Crippen LogP contribution in [0.4, 0.5) is 0 Å². The molecule has 0 spiro atoms. The first-order valence-corrected chi connectivity index (χ1v) is 11.5. The van der Waals surface area contributed by atoms with Crippen LogP contribution >= 0.6 is 11.7 Å². The minimum Gasteiger partial charge on any atom is -0.338 e. The Bertz CT molecular complexity index is 1100. The number of benzene rings is 1. The third-order valence-corrected chi connectivity index (χ3v) is 7.92. The lowest BCUT2D eigenvalue weighted by atomic mass is 10.2. The van der Waals surface area contributed by atoms with E-state index in [9.17, 15) is 8.42 Å². The Labute approximate surface area is 166 Å². The summed E-state index contributed by atoms with van der Waals surface area (Å²) in [6.07, 6.45) is 2.26. The minimum absolute atomic E-state index is 0.0315. The van der Waals surface area contributed by atoms with E-state index in [1.54, 1.807) is 18.2 Å². The van der Waals surface area contributed by atoms with Crippen molar-refractivity contribution in [1.29, 1.82) is 0 Å². The summed E-state index contributed by atoms with van der Waals surface area (Å²) in [7, 11) is -3.61. The van der Waals surface area contributed by atoms with Crippen LogP contribution in [-0.4, -0.2) is 62.7 Å². The van der Waals surface area contributed by atoms with Crippen LogP contribution in [-0.2, 0) is 10.0 Å². The fourth-order valence-electron chi connectivity index (χ4n) is 3.54. The second kappa shape index (κ2) is 6.83. The third kappa shape index (κ3) is 3.11. The number of sulfonamides is 1. The van der Waals surface area contributed by atoms with Crippen molar-refractivity contribution in [3.63, 3.8) is 0 Å². The predicted octanol–water partition coefficient (Wildman–Crippen LogP) is 2.02. The molecule has 148 valence electrons. The van der Waals surface area contributed by atoms with Crippen molar-refractivity contribution >= 4 is 32.8 Å². The Balaban J connectivity index is 1.30. The number of nitrogens with zero attached hydrogens (tertiary/aromatic N) is 6. The van der Waals surface area contributed by atoms with Crippen molar-refractivity contribution < 1.29 is 12.9 Å². The third-order valence-electron chi connectivity index (χ3n) is 5.45. The topological polar surface area (TPSA) is 105 Å². The molecule has 3 aromatic rings. The Morgan fingerprint density at radius 3 is 2.71 bits per heavy atom. The monoisotopic (exact) mass is 420 g/mol. The zero-order valence-electron chi connectivity index (χ0n) is 15.4. The summed E-state index contributed by atoms with van der Waals surface area (Å²) in [5.74, 6) is 1.86. The van der Waals surface area contributed by atoms with Crippen LogP contribution in [0.25, 0.3) is 11.0 Å². The maximum atomic E-state index is 13.1. The normalized spacial score (nSPS) is 20.6. The number of hydrogen-bond acceptors (Lipinski definition) is 9. The van der Waals surface area contributed by atoms with Crippen LogP contribution in [0.15, 0.2) is 27.6 Å². The van der Waals surface area contributed by atoms with Crippen LogP contribution in [0.1, 0.15) is 43.4 Å². The van der Waals surface area contributed by atoms with Crippen molar-refractivity contribution in [3.05, 3.63) is 29.9 Å². The molecule has 1 saturated heterocycles. The van der Waals surface area contributed by atoms with Gasteiger partial charge in [-0.15, -0.1) is 0 Å². The van der Waals surface area contributed by atoms with E-state index in [4.69, 9.17) is 4.52 Å². The highest BCUT2D eigenvalue weighted by atomic mass is 32.2. The predicted molar refractivity (Wildman–Crippen MR) is 102 cm³/mol. The minimum atomic E-state index is -3.61. The molecule has 1 aliphatic carbocycles. The van der Waals surface area contributed by atoms with Crippen molar-refractivity contribution in [1.82, 2.24) is 28.1 Å². The van der Waals surface area contributed by atoms with Gasteiger partial charge in [0.15, 0.2) is 5.82 Å². The SMILES string of the molecule is CC(c1nc(C2CC2)no1)N1CCN(S(=O)(=O)c2cccc3nsnc23)CC1. The van der Waals surface area contributed by atoms with Gasteiger partial charge in [0, 0.05) is 32.1 Å². The molecule has 11 heteroatoms. The van der Waals surface area contributed by atoms with Gasteiger partial charge in [-0.3, -0.25) is 4.90 Å². The molecule has 1 atom stereocenters. The Kier molecular flexibility index (Phi) is 4.42. The number of aromatic nitrogens is 4. The Morgan fingerprint density at radius 2 is 1.96 bits per heavy atom. The molecule has 3 heterocycles. The standard InChI is InChI=1S/C17H20N6O3S2/c1-11(17-18-16(19-26-17)12-5-6-12)22-7-9-23(10-8-22)28(24,25)14-4-2-3-13-15(14)21-27-20-13/h2-4,11-12H,5-10H2,1H3. The van der Waals surface area contributed by atoms with E-state index < -0.39 is 10.0 Å². The molecule has 5 rings (SSSR count). The van der Waals surface area contributed by atoms with Crippen molar-refractivity contribution in [3.8, 4) is 0 Å². The number of piperazine rings is 1. The molecular weight excluding hydrogens is 400 g/mol. The van der Waals surface area contributed by atoms with Gasteiger partial charge in [0.25, 0.3) is 0 Å². The molecule has 0 bridgehead atoms. The Morgan fingerprint density at radius 1 is 1.18 bits per heavy atom. The maximum absolute atomic E-state index is 13.1. The van der Waals surface area contributed by atoms with E-state index in [1.165, 1.54) is 4.31 Å². The van der Waals surface area contributed by atoms with Crippen LogP contribution in [0, 0.1) is 0 Å². The highest BCUT2D eigenvalue weighted by Crippen LogP contribution is 2.38. The number of rotatable bonds is 5. The summed E-state index contributed by atoms with van der Waals surface area (Å²) in [5.41, 5.74) is 1.06. The summed E-state index contributed by atoms with van der Waals surface area (Å²) < 4.78 is 41.5. The lowest BCUT2D eigenvalue weighted by molar-refractivity contribution is 0.124. The van der Waals surface area contributed by atoms with Gasteiger partial charge in [-0.05, 0) is 31.9 Å². The number of fused-ring (bicyclic) bond motifs is 1. The molecule has 2 aromatic heterocycles. The van der Waals surface area contributed by atoms with Crippen molar-refractivity contribution in [2.75, 3.05) is 26.2 Å². The smallest absolute Gasteiger partial charge is 0.245 e. The largest absolute Gasteiger partial charge is 0.338 e. The molecule has 9 nitrogen and oxygen atoms in total. The molecule has 2 aliphatic rings. The van der Waals surface area contributed by atoms with Crippen LogP contribution in [0.5, 0.6) is 0 Å². The quantitative estimate of drug-likeness (QED) is 0.617.